The van der Waals surface area contributed by atoms with Crippen LogP contribution in [-0.2, 0) is 0 Å². The van der Waals surface area contributed by atoms with E-state index in [9.17, 15) is 4.79 Å². The van der Waals surface area contributed by atoms with E-state index in [0.717, 1.165) is 0 Å². The van der Waals surface area contributed by atoms with E-state index in [4.69, 9.17) is 10.5 Å². The molecule has 1 amide bonds. The van der Waals surface area contributed by atoms with Gasteiger partial charge in [-0.05, 0) is 0 Å². The molecule has 0 aromatic carbocycles. The molecular formula is C9H16N4O2. The number of primary amides is 1. The van der Waals surface area contributed by atoms with Gasteiger partial charge in [0.15, 0.2) is 0 Å². The van der Waals surface area contributed by atoms with E-state index in [0.29, 0.717) is 5.82 Å². The Morgan fingerprint density at radius 2 is 2.07 bits per heavy atom. The first kappa shape index (κ1) is 13.2. The highest BCUT2D eigenvalue weighted by Gasteiger charge is 2.07. The molecule has 0 bridgehead atoms. The number of carbonyl (C=O) groups excluding carboxylic acids is 1. The van der Waals surface area contributed by atoms with Gasteiger partial charge in [0.2, 0.25) is 0 Å². The number of carbonyl (C=O) groups is 1. The zero-order chi connectivity index (χ0) is 11.8. The molecule has 0 unspecified atom stereocenters. The van der Waals surface area contributed by atoms with Gasteiger partial charge in [-0.3, -0.25) is 4.79 Å². The van der Waals surface area contributed by atoms with Gasteiger partial charge in [-0.25, -0.2) is 0 Å². The molecule has 0 radical (unpaired) electrons. The molecule has 0 saturated heterocycles. The second kappa shape index (κ2) is 6.58. The van der Waals surface area contributed by atoms with E-state index in [1.54, 1.807) is 7.05 Å². The van der Waals surface area contributed by atoms with Crippen molar-refractivity contribution in [2.45, 2.75) is 13.8 Å². The number of amides is 1. The summed E-state index contributed by atoms with van der Waals surface area (Å²) in [4.78, 5) is 18.4. The number of nitrogens with zero attached hydrogens (tertiary/aromatic N) is 2. The SMILES string of the molecule is CC.CNc1cc(C(N)=O)nc(OC)n1. The number of nitrogens with two attached hydrogens (primary N) is 1. The lowest BCUT2D eigenvalue weighted by Crippen LogP contribution is -2.14. The van der Waals surface area contributed by atoms with Gasteiger partial charge in [-0.2, -0.15) is 9.97 Å². The van der Waals surface area contributed by atoms with Crippen molar-refractivity contribution in [1.29, 1.82) is 0 Å². The second-order valence-corrected chi connectivity index (χ2v) is 2.24. The maximum Gasteiger partial charge on any atom is 0.318 e. The summed E-state index contributed by atoms with van der Waals surface area (Å²) in [7, 11) is 3.09. The molecule has 0 spiro atoms. The van der Waals surface area contributed by atoms with Gasteiger partial charge in [0.1, 0.15) is 11.5 Å². The fourth-order valence-electron chi connectivity index (χ4n) is 0.771. The smallest absolute Gasteiger partial charge is 0.318 e. The second-order valence-electron chi connectivity index (χ2n) is 2.24. The molecule has 6 nitrogen and oxygen atoms in total. The Bertz CT molecular complexity index is 306. The highest BCUT2D eigenvalue weighted by Crippen LogP contribution is 2.10. The topological polar surface area (TPSA) is 90.1 Å². The lowest BCUT2D eigenvalue weighted by atomic mass is 10.4. The Balaban J connectivity index is 0.000000921. The van der Waals surface area contributed by atoms with Crippen molar-refractivity contribution in [2.24, 2.45) is 5.73 Å². The monoisotopic (exact) mass is 212 g/mol. The van der Waals surface area contributed by atoms with Gasteiger partial charge >= 0.3 is 6.01 Å². The van der Waals surface area contributed by atoms with Gasteiger partial charge in [-0.1, -0.05) is 13.8 Å². The molecule has 84 valence electrons. The average Bonchev–Trinajstić information content (AvgIpc) is 2.30. The average molecular weight is 212 g/mol. The maximum absolute atomic E-state index is 10.8. The molecule has 0 aliphatic carbocycles. The molecule has 1 heterocycles. The van der Waals surface area contributed by atoms with E-state index >= 15 is 0 Å². The third kappa shape index (κ3) is 3.80. The fraction of sp³-hybridized carbons (Fsp3) is 0.444. The zero-order valence-corrected chi connectivity index (χ0v) is 9.37. The van der Waals surface area contributed by atoms with Gasteiger partial charge in [0.25, 0.3) is 5.91 Å². The largest absolute Gasteiger partial charge is 0.467 e. The third-order valence-corrected chi connectivity index (χ3v) is 1.40. The first-order valence-corrected chi connectivity index (χ1v) is 4.58. The molecule has 0 atom stereocenters. The molecule has 0 fully saturated rings. The van der Waals surface area contributed by atoms with Crippen molar-refractivity contribution in [2.75, 3.05) is 19.5 Å². The van der Waals surface area contributed by atoms with Crippen molar-refractivity contribution >= 4 is 11.7 Å². The van der Waals surface area contributed by atoms with E-state index in [1.165, 1.54) is 13.2 Å². The number of methoxy groups -OCH3 is 1. The van der Waals surface area contributed by atoms with E-state index in [1.807, 2.05) is 13.8 Å². The first-order valence-electron chi connectivity index (χ1n) is 4.58. The first-order chi connectivity index (χ1) is 7.17. The standard InChI is InChI=1S/C7H10N4O2.C2H6/c1-9-5-3-4(6(8)12)10-7(11-5)13-2;1-2/h3H,1-2H3,(H2,8,12)(H,9,10,11);1-2H3. The fourth-order valence-corrected chi connectivity index (χ4v) is 0.771. The third-order valence-electron chi connectivity index (χ3n) is 1.40. The van der Waals surface area contributed by atoms with Gasteiger partial charge in [0, 0.05) is 13.1 Å². The van der Waals surface area contributed by atoms with Gasteiger partial charge < -0.3 is 15.8 Å². The summed E-state index contributed by atoms with van der Waals surface area (Å²) in [5, 5.41) is 2.76. The summed E-state index contributed by atoms with van der Waals surface area (Å²) in [5.41, 5.74) is 5.17. The molecule has 0 aliphatic rings. The predicted octanol–water partition coefficient (Wildman–Crippen LogP) is 0.652. The van der Waals surface area contributed by atoms with Crippen LogP contribution in [0.5, 0.6) is 6.01 Å². The summed E-state index contributed by atoms with van der Waals surface area (Å²) in [5.74, 6) is -0.127. The van der Waals surface area contributed by atoms with Crippen molar-refractivity contribution < 1.29 is 9.53 Å². The molecule has 1 aromatic rings. The Hall–Kier alpha value is -1.85. The van der Waals surface area contributed by atoms with Crippen LogP contribution >= 0.6 is 0 Å². The molecule has 1 aromatic heterocycles. The van der Waals surface area contributed by atoms with Crippen LogP contribution in [0.4, 0.5) is 5.82 Å². The lowest BCUT2D eigenvalue weighted by molar-refractivity contribution is 0.0994. The van der Waals surface area contributed by atoms with E-state index < -0.39 is 5.91 Å². The van der Waals surface area contributed by atoms with Crippen molar-refractivity contribution in [3.63, 3.8) is 0 Å². The maximum atomic E-state index is 10.8. The summed E-state index contributed by atoms with van der Waals surface area (Å²) in [6, 6.07) is 1.56. The van der Waals surface area contributed by atoms with Crippen LogP contribution in [0.1, 0.15) is 24.3 Å². The highest BCUT2D eigenvalue weighted by atomic mass is 16.5. The number of hydrogen-bond donors (Lipinski definition) is 2. The van der Waals surface area contributed by atoms with Crippen molar-refractivity contribution in [3.05, 3.63) is 11.8 Å². The molecule has 0 saturated carbocycles. The summed E-state index contributed by atoms with van der Waals surface area (Å²) in [6.45, 7) is 4.00. The summed E-state index contributed by atoms with van der Waals surface area (Å²) >= 11 is 0. The Morgan fingerprint density at radius 1 is 1.47 bits per heavy atom. The van der Waals surface area contributed by atoms with Crippen LogP contribution in [0, 0.1) is 0 Å². The van der Waals surface area contributed by atoms with Gasteiger partial charge in [0.05, 0.1) is 7.11 Å². The molecule has 6 heteroatoms. The van der Waals surface area contributed by atoms with Crippen molar-refractivity contribution in [1.82, 2.24) is 9.97 Å². The van der Waals surface area contributed by atoms with Crippen LogP contribution in [0.3, 0.4) is 0 Å². The van der Waals surface area contributed by atoms with Crippen LogP contribution in [0.25, 0.3) is 0 Å². The number of anilines is 1. The molecule has 1 rings (SSSR count). The lowest BCUT2D eigenvalue weighted by Gasteiger charge is -2.03. The number of ether oxygens (including phenoxy) is 1. The van der Waals surface area contributed by atoms with Crippen LogP contribution in [-0.4, -0.2) is 30.0 Å². The van der Waals surface area contributed by atoms with E-state index in [-0.39, 0.29) is 11.7 Å². The quantitative estimate of drug-likeness (QED) is 0.767. The minimum Gasteiger partial charge on any atom is -0.467 e. The van der Waals surface area contributed by atoms with Crippen LogP contribution < -0.4 is 15.8 Å². The predicted molar refractivity (Wildman–Crippen MR) is 58.0 cm³/mol. The molecule has 15 heavy (non-hydrogen) atoms. The van der Waals surface area contributed by atoms with Crippen LogP contribution in [0.15, 0.2) is 6.07 Å². The summed E-state index contributed by atoms with van der Waals surface area (Å²) < 4.78 is 4.78. The number of rotatable bonds is 3. The van der Waals surface area contributed by atoms with Gasteiger partial charge in [-0.15, -0.1) is 0 Å². The minimum absolute atomic E-state index is 0.112. The van der Waals surface area contributed by atoms with Crippen molar-refractivity contribution in [3.8, 4) is 6.01 Å². The minimum atomic E-state index is -0.614. The number of nitrogens with one attached hydrogen (secondary N) is 1. The van der Waals surface area contributed by atoms with Crippen LogP contribution in [0.2, 0.25) is 0 Å². The molecule has 0 aliphatic heterocycles. The Kier molecular flexibility index (Phi) is 5.77. The number of aromatic nitrogens is 2. The molecule has 3 N–H and O–H groups in total. The normalized spacial score (nSPS) is 8.53. The molecular weight excluding hydrogens is 196 g/mol. The zero-order valence-electron chi connectivity index (χ0n) is 9.37. The Labute approximate surface area is 88.9 Å². The number of hydrogen-bond acceptors (Lipinski definition) is 5. The Morgan fingerprint density at radius 3 is 2.47 bits per heavy atom. The summed E-state index contributed by atoms with van der Waals surface area (Å²) in [6.07, 6.45) is 0. The van der Waals surface area contributed by atoms with E-state index in [2.05, 4.69) is 15.3 Å². The highest BCUT2D eigenvalue weighted by molar-refractivity contribution is 5.91.